The van der Waals surface area contributed by atoms with Crippen molar-refractivity contribution in [1.82, 2.24) is 0 Å². The maximum atomic E-state index is 2.59. The smallest absolute Gasteiger partial charge is 0.0732 e. The van der Waals surface area contributed by atoms with Crippen LogP contribution in [0.2, 0.25) is 0 Å². The molecule has 0 amide bonds. The molecule has 0 fully saturated rings. The second-order valence-electron chi connectivity index (χ2n) is 7.96. The number of thiophene rings is 1. The predicted octanol–water partition coefficient (Wildman–Crippen LogP) is 9.16. The van der Waals surface area contributed by atoms with E-state index in [1.54, 1.807) is 0 Å². The average molecular weight is 652 g/mol. The maximum absolute atomic E-state index is 2.59. The molecule has 3 heteroatoms. The molecule has 154 valence electrons. The molecule has 0 radical (unpaired) electrons. The van der Waals surface area contributed by atoms with Gasteiger partial charge < -0.3 is 0 Å². The van der Waals surface area contributed by atoms with Crippen molar-refractivity contribution in [3.05, 3.63) is 140 Å². The van der Waals surface area contributed by atoms with Crippen LogP contribution in [0.5, 0.6) is 0 Å². The molecule has 0 unspecified atom stereocenters. The molecule has 0 bridgehead atoms. The van der Waals surface area contributed by atoms with Crippen LogP contribution >= 0.6 is 56.5 Å². The van der Waals surface area contributed by atoms with Gasteiger partial charge in [0.25, 0.3) is 0 Å². The number of hydrogen-bond acceptors (Lipinski definition) is 1. The van der Waals surface area contributed by atoms with Crippen molar-refractivity contribution >= 4 is 75.8 Å². The van der Waals surface area contributed by atoms with Crippen molar-refractivity contribution in [3.8, 4) is 0 Å². The van der Waals surface area contributed by atoms with Gasteiger partial charge in [-0.15, -0.1) is 11.3 Å². The van der Waals surface area contributed by atoms with Crippen molar-refractivity contribution in [2.45, 2.75) is 5.41 Å². The van der Waals surface area contributed by atoms with E-state index in [1.165, 1.54) is 49.9 Å². The zero-order valence-electron chi connectivity index (χ0n) is 17.1. The summed E-state index contributed by atoms with van der Waals surface area (Å²) in [5.41, 5.74) is 6.38. The van der Waals surface area contributed by atoms with Gasteiger partial charge >= 0.3 is 0 Å². The van der Waals surface area contributed by atoms with Gasteiger partial charge in [-0.05, 0) is 73.5 Å². The van der Waals surface area contributed by atoms with E-state index in [0.29, 0.717) is 0 Å². The zero-order valence-corrected chi connectivity index (χ0v) is 22.2. The molecule has 1 aromatic heterocycles. The van der Waals surface area contributed by atoms with E-state index in [4.69, 9.17) is 0 Å². The maximum Gasteiger partial charge on any atom is 0.0732 e. The molecule has 0 N–H and O–H groups in total. The summed E-state index contributed by atoms with van der Waals surface area (Å²) >= 11 is 7.07. The van der Waals surface area contributed by atoms with E-state index >= 15 is 0 Å². The first-order valence-corrected chi connectivity index (χ1v) is 13.5. The Kier molecular flexibility index (Phi) is 5.23. The van der Waals surface area contributed by atoms with Crippen LogP contribution in [0.1, 0.15) is 27.1 Å². The third-order valence-corrected chi connectivity index (χ3v) is 10.1. The lowest BCUT2D eigenvalue weighted by molar-refractivity contribution is 0.816. The van der Waals surface area contributed by atoms with E-state index in [0.717, 1.165) is 0 Å². The highest BCUT2D eigenvalue weighted by molar-refractivity contribution is 14.1. The summed E-state index contributed by atoms with van der Waals surface area (Å²) in [7, 11) is 0. The third-order valence-electron chi connectivity index (χ3n) is 6.34. The molecular weight excluding hydrogens is 634 g/mol. The monoisotopic (exact) mass is 652 g/mol. The van der Waals surface area contributed by atoms with E-state index < -0.39 is 0 Å². The van der Waals surface area contributed by atoms with Crippen LogP contribution in [0, 0.1) is 3.57 Å². The minimum Gasteiger partial charge on any atom is -0.134 e. The normalized spacial score (nSPS) is 14.7. The Hall–Kier alpha value is -1.96. The number of allylic oxidation sites excluding steroid dienone is 1. The number of benzene rings is 4. The number of fused-ring (bicyclic) bond motifs is 2. The standard InChI is InChI=1S/C29H18I2S/c30-26-21-15-7-9-17-23(21)29(19-11-3-1-4-12-19,20-13-5-2-6-14-20)25(26)28-27(31)22-16-8-10-18-24(22)32-28/h1-18H. The summed E-state index contributed by atoms with van der Waals surface area (Å²) in [5, 5.41) is 1.34. The Morgan fingerprint density at radius 1 is 0.594 bits per heavy atom. The van der Waals surface area contributed by atoms with Crippen LogP contribution in [0.15, 0.2) is 109 Å². The molecule has 4 aromatic carbocycles. The van der Waals surface area contributed by atoms with Gasteiger partial charge in [0.05, 0.1) is 5.41 Å². The molecule has 6 rings (SSSR count). The Morgan fingerprint density at radius 2 is 1.16 bits per heavy atom. The quantitative estimate of drug-likeness (QED) is 0.171. The minimum absolute atomic E-state index is 0.351. The zero-order chi connectivity index (χ0) is 21.7. The van der Waals surface area contributed by atoms with Gasteiger partial charge in [-0.2, -0.15) is 0 Å². The van der Waals surface area contributed by atoms with E-state index in [1.807, 2.05) is 11.3 Å². The Balaban J connectivity index is 1.80. The Morgan fingerprint density at radius 3 is 1.81 bits per heavy atom. The Labute approximate surface area is 219 Å². The second kappa shape index (κ2) is 8.12. The molecule has 0 aliphatic heterocycles. The van der Waals surface area contributed by atoms with Gasteiger partial charge in [-0.3, -0.25) is 0 Å². The van der Waals surface area contributed by atoms with E-state index in [2.05, 4.69) is 154 Å². The van der Waals surface area contributed by atoms with E-state index in [-0.39, 0.29) is 5.41 Å². The SMILES string of the molecule is IC1=C(c2sc3ccccc3c2I)C(c2ccccc2)(c2ccccc2)c2ccccc21. The van der Waals surface area contributed by atoms with Gasteiger partial charge in [-0.25, -0.2) is 0 Å². The minimum atomic E-state index is -0.351. The fourth-order valence-electron chi connectivity index (χ4n) is 5.02. The number of halogens is 2. The molecule has 0 saturated carbocycles. The summed E-state index contributed by atoms with van der Waals surface area (Å²) in [6.07, 6.45) is 0. The van der Waals surface area contributed by atoms with Gasteiger partial charge in [-0.1, -0.05) is 103 Å². The van der Waals surface area contributed by atoms with Gasteiger partial charge in [0.2, 0.25) is 0 Å². The van der Waals surface area contributed by atoms with Crippen LogP contribution < -0.4 is 0 Å². The lowest BCUT2D eigenvalue weighted by atomic mass is 9.66. The first-order chi connectivity index (χ1) is 15.7. The molecule has 1 aliphatic carbocycles. The average Bonchev–Trinajstić information content (AvgIpc) is 3.32. The highest BCUT2D eigenvalue weighted by Crippen LogP contribution is 2.61. The number of hydrogen-bond donors (Lipinski definition) is 0. The van der Waals surface area contributed by atoms with Crippen LogP contribution in [0.3, 0.4) is 0 Å². The molecular formula is C29H18I2S. The third kappa shape index (κ3) is 2.90. The van der Waals surface area contributed by atoms with Crippen molar-refractivity contribution in [3.63, 3.8) is 0 Å². The lowest BCUT2D eigenvalue weighted by Crippen LogP contribution is -2.29. The molecule has 1 aliphatic rings. The predicted molar refractivity (Wildman–Crippen MR) is 155 cm³/mol. The highest BCUT2D eigenvalue weighted by Gasteiger charge is 2.48. The molecule has 0 nitrogen and oxygen atoms in total. The highest BCUT2D eigenvalue weighted by atomic mass is 127. The topological polar surface area (TPSA) is 0 Å². The molecule has 5 aromatic rings. The van der Waals surface area contributed by atoms with Crippen LogP contribution in [0.25, 0.3) is 19.2 Å². The van der Waals surface area contributed by atoms with Crippen molar-refractivity contribution in [2.24, 2.45) is 0 Å². The van der Waals surface area contributed by atoms with Crippen molar-refractivity contribution < 1.29 is 0 Å². The first-order valence-electron chi connectivity index (χ1n) is 10.5. The van der Waals surface area contributed by atoms with Gasteiger partial charge in [0.15, 0.2) is 0 Å². The number of rotatable bonds is 3. The summed E-state index contributed by atoms with van der Waals surface area (Å²) in [6.45, 7) is 0. The van der Waals surface area contributed by atoms with Crippen molar-refractivity contribution in [1.29, 1.82) is 0 Å². The van der Waals surface area contributed by atoms with Crippen LogP contribution in [-0.4, -0.2) is 0 Å². The van der Waals surface area contributed by atoms with Gasteiger partial charge in [0.1, 0.15) is 0 Å². The van der Waals surface area contributed by atoms with E-state index in [9.17, 15) is 0 Å². The molecule has 0 atom stereocenters. The summed E-state index contributed by atoms with van der Waals surface area (Å²) in [6, 6.07) is 39.8. The second-order valence-corrected chi connectivity index (χ2v) is 11.2. The van der Waals surface area contributed by atoms with Crippen LogP contribution in [0.4, 0.5) is 0 Å². The molecule has 32 heavy (non-hydrogen) atoms. The summed E-state index contributed by atoms with van der Waals surface area (Å²) in [4.78, 5) is 1.38. The van der Waals surface area contributed by atoms with Crippen molar-refractivity contribution in [2.75, 3.05) is 0 Å². The largest absolute Gasteiger partial charge is 0.134 e. The summed E-state index contributed by atoms with van der Waals surface area (Å²) in [5.74, 6) is 0. The molecule has 0 saturated heterocycles. The fourth-order valence-corrected chi connectivity index (χ4v) is 8.81. The summed E-state index contributed by atoms with van der Waals surface area (Å²) < 4.78 is 4.03. The van der Waals surface area contributed by atoms with Gasteiger partial charge in [0, 0.05) is 27.7 Å². The first kappa shape index (κ1) is 20.6. The Bertz CT molecular complexity index is 1440. The van der Waals surface area contributed by atoms with Crippen LogP contribution in [-0.2, 0) is 5.41 Å². The molecule has 1 heterocycles. The fraction of sp³-hybridized carbons (Fsp3) is 0.0345. The lowest BCUT2D eigenvalue weighted by Gasteiger charge is -2.35. The molecule has 0 spiro atoms.